The van der Waals surface area contributed by atoms with Crippen LogP contribution >= 0.6 is 0 Å². The van der Waals surface area contributed by atoms with Crippen LogP contribution in [0.15, 0.2) is 18.2 Å². The molecular formula is C26H38FNO. The third-order valence-electron chi connectivity index (χ3n) is 7.72. The quantitative estimate of drug-likeness (QED) is 0.334. The second-order valence-electron chi connectivity index (χ2n) is 9.77. The van der Waals surface area contributed by atoms with Gasteiger partial charge in [-0.25, -0.2) is 4.39 Å². The van der Waals surface area contributed by atoms with Gasteiger partial charge in [-0.1, -0.05) is 58.3 Å². The maximum atomic E-state index is 13.8. The topological polar surface area (TPSA) is 33.0 Å². The number of unbranched alkanes of at least 4 members (excludes halogenated alkanes) is 7. The van der Waals surface area contributed by atoms with Crippen molar-refractivity contribution in [2.45, 2.75) is 103 Å². The van der Waals surface area contributed by atoms with E-state index in [-0.39, 0.29) is 11.0 Å². The van der Waals surface area contributed by atoms with Crippen LogP contribution < -0.4 is 4.74 Å². The lowest BCUT2D eigenvalue weighted by Crippen LogP contribution is -2.44. The van der Waals surface area contributed by atoms with Gasteiger partial charge in [0.25, 0.3) is 0 Å². The Hall–Kier alpha value is -1.56. The zero-order chi connectivity index (χ0) is 20.6. The molecule has 3 saturated carbocycles. The SMILES string of the molecule is CCCCCCCCCCC12CCC(COc3ccc(C#N)c(F)c3)(CC1)CC2. The Morgan fingerprint density at radius 1 is 0.897 bits per heavy atom. The first-order chi connectivity index (χ1) is 14.1. The molecule has 0 N–H and O–H groups in total. The van der Waals surface area contributed by atoms with E-state index < -0.39 is 5.82 Å². The fourth-order valence-corrected chi connectivity index (χ4v) is 5.48. The van der Waals surface area contributed by atoms with Crippen molar-refractivity contribution >= 4 is 0 Å². The average molecular weight is 400 g/mol. The maximum Gasteiger partial charge on any atom is 0.144 e. The van der Waals surface area contributed by atoms with Crippen LogP contribution in [0.4, 0.5) is 4.39 Å². The molecule has 0 saturated heterocycles. The first-order valence-electron chi connectivity index (χ1n) is 11.9. The van der Waals surface area contributed by atoms with Crippen LogP contribution in [0.3, 0.4) is 0 Å². The third kappa shape index (κ3) is 5.97. The van der Waals surface area contributed by atoms with Gasteiger partial charge in [-0.3, -0.25) is 0 Å². The summed E-state index contributed by atoms with van der Waals surface area (Å²) in [6.45, 7) is 2.97. The van der Waals surface area contributed by atoms with Gasteiger partial charge in [0.15, 0.2) is 0 Å². The van der Waals surface area contributed by atoms with Crippen LogP contribution in [0, 0.1) is 28.0 Å². The van der Waals surface area contributed by atoms with Crippen LogP contribution in [0.1, 0.15) is 109 Å². The first-order valence-corrected chi connectivity index (χ1v) is 11.9. The zero-order valence-corrected chi connectivity index (χ0v) is 18.3. The second kappa shape index (κ2) is 10.5. The van der Waals surface area contributed by atoms with Gasteiger partial charge in [0.1, 0.15) is 17.6 Å². The van der Waals surface area contributed by atoms with Crippen molar-refractivity contribution in [1.29, 1.82) is 5.26 Å². The highest BCUT2D eigenvalue weighted by atomic mass is 19.1. The minimum atomic E-state index is -0.487. The predicted octanol–water partition coefficient (Wildman–Crippen LogP) is 7.95. The van der Waals surface area contributed by atoms with Crippen molar-refractivity contribution in [3.8, 4) is 11.8 Å². The summed E-state index contributed by atoms with van der Waals surface area (Å²) in [6, 6.07) is 6.45. The van der Waals surface area contributed by atoms with Crippen LogP contribution in [0.25, 0.3) is 0 Å². The number of halogens is 1. The Morgan fingerprint density at radius 2 is 1.48 bits per heavy atom. The molecule has 0 amide bonds. The standard InChI is InChI=1S/C26H38FNO/c1-2-3-4-5-6-7-8-9-12-25-13-16-26(17-14-25,18-15-25)21-29-23-11-10-22(20-28)24(27)19-23/h10-11,19H,2-9,12-18,21H2,1H3. The largest absolute Gasteiger partial charge is 0.493 e. The molecule has 0 heterocycles. The Morgan fingerprint density at radius 3 is 2.07 bits per heavy atom. The Labute approximate surface area is 176 Å². The van der Waals surface area contributed by atoms with E-state index in [4.69, 9.17) is 10.00 Å². The molecule has 1 aromatic rings. The van der Waals surface area contributed by atoms with Crippen molar-refractivity contribution in [2.75, 3.05) is 6.61 Å². The number of fused-ring (bicyclic) bond motifs is 3. The number of ether oxygens (including phenoxy) is 1. The molecule has 0 aliphatic heterocycles. The maximum absolute atomic E-state index is 13.8. The molecule has 29 heavy (non-hydrogen) atoms. The highest BCUT2D eigenvalue weighted by Gasteiger charge is 2.48. The van der Waals surface area contributed by atoms with E-state index in [0.717, 1.165) is 0 Å². The lowest BCUT2D eigenvalue weighted by Gasteiger charge is -2.53. The van der Waals surface area contributed by atoms with E-state index >= 15 is 0 Å². The van der Waals surface area contributed by atoms with E-state index in [9.17, 15) is 4.39 Å². The second-order valence-corrected chi connectivity index (χ2v) is 9.77. The highest BCUT2D eigenvalue weighted by Crippen LogP contribution is 2.58. The van der Waals surface area contributed by atoms with Crippen LogP contribution in [0.5, 0.6) is 5.75 Å². The van der Waals surface area contributed by atoms with Crippen LogP contribution in [-0.2, 0) is 0 Å². The van der Waals surface area contributed by atoms with E-state index in [1.807, 2.05) is 6.07 Å². The van der Waals surface area contributed by atoms with Gasteiger partial charge in [-0.05, 0) is 62.5 Å². The fourth-order valence-electron chi connectivity index (χ4n) is 5.48. The number of nitriles is 1. The van der Waals surface area contributed by atoms with Gasteiger partial charge >= 0.3 is 0 Å². The molecule has 1 aromatic carbocycles. The van der Waals surface area contributed by atoms with Gasteiger partial charge < -0.3 is 4.74 Å². The molecular weight excluding hydrogens is 361 g/mol. The van der Waals surface area contributed by atoms with Crippen molar-refractivity contribution in [1.82, 2.24) is 0 Å². The van der Waals surface area contributed by atoms with Crippen molar-refractivity contribution in [2.24, 2.45) is 10.8 Å². The first kappa shape index (κ1) is 22.1. The molecule has 0 radical (unpaired) electrons. The Kier molecular flexibility index (Phi) is 7.99. The lowest BCUT2D eigenvalue weighted by molar-refractivity contribution is -0.0410. The summed E-state index contributed by atoms with van der Waals surface area (Å²) in [5.74, 6) is 0.0661. The van der Waals surface area contributed by atoms with E-state index in [1.165, 1.54) is 108 Å². The summed E-state index contributed by atoms with van der Waals surface area (Å²) in [4.78, 5) is 0. The predicted molar refractivity (Wildman–Crippen MR) is 116 cm³/mol. The molecule has 3 heteroatoms. The van der Waals surface area contributed by atoms with Crippen LogP contribution in [-0.4, -0.2) is 6.61 Å². The average Bonchev–Trinajstić information content (AvgIpc) is 2.76. The molecule has 4 rings (SSSR count). The molecule has 0 atom stereocenters. The number of hydrogen-bond donors (Lipinski definition) is 0. The van der Waals surface area contributed by atoms with Gasteiger partial charge in [0, 0.05) is 11.5 Å². The normalized spacial score (nSPS) is 25.7. The van der Waals surface area contributed by atoms with E-state index in [0.29, 0.717) is 17.8 Å². The van der Waals surface area contributed by atoms with Gasteiger partial charge in [-0.15, -0.1) is 0 Å². The molecule has 0 spiro atoms. The third-order valence-corrected chi connectivity index (χ3v) is 7.72. The molecule has 160 valence electrons. The van der Waals surface area contributed by atoms with Crippen molar-refractivity contribution in [3.63, 3.8) is 0 Å². The number of hydrogen-bond acceptors (Lipinski definition) is 2. The highest BCUT2D eigenvalue weighted by molar-refractivity contribution is 5.36. The summed E-state index contributed by atoms with van der Waals surface area (Å²) in [5, 5.41) is 8.86. The summed E-state index contributed by atoms with van der Waals surface area (Å²) in [5.41, 5.74) is 0.965. The number of benzene rings is 1. The minimum absolute atomic E-state index is 0.0802. The number of nitrogens with zero attached hydrogens (tertiary/aromatic N) is 1. The van der Waals surface area contributed by atoms with Gasteiger partial charge in [-0.2, -0.15) is 5.26 Å². The molecule has 2 nitrogen and oxygen atoms in total. The molecule has 3 fully saturated rings. The summed E-state index contributed by atoms with van der Waals surface area (Å²) in [6.07, 6.45) is 20.4. The molecule has 3 aliphatic rings. The molecule has 0 unspecified atom stereocenters. The van der Waals surface area contributed by atoms with E-state index in [1.54, 1.807) is 6.07 Å². The molecule has 0 aromatic heterocycles. The molecule has 2 bridgehead atoms. The Balaban J connectivity index is 1.37. The zero-order valence-electron chi connectivity index (χ0n) is 18.3. The number of rotatable bonds is 12. The van der Waals surface area contributed by atoms with Crippen molar-refractivity contribution < 1.29 is 9.13 Å². The van der Waals surface area contributed by atoms with Crippen LogP contribution in [0.2, 0.25) is 0 Å². The van der Waals surface area contributed by atoms with Gasteiger partial charge in [0.2, 0.25) is 0 Å². The summed E-state index contributed by atoms with van der Waals surface area (Å²) in [7, 11) is 0. The van der Waals surface area contributed by atoms with Gasteiger partial charge in [0.05, 0.1) is 12.2 Å². The van der Waals surface area contributed by atoms with Crippen molar-refractivity contribution in [3.05, 3.63) is 29.6 Å². The monoisotopic (exact) mass is 399 g/mol. The summed E-state index contributed by atoms with van der Waals surface area (Å²) < 4.78 is 19.8. The van der Waals surface area contributed by atoms with E-state index in [2.05, 4.69) is 6.92 Å². The smallest absolute Gasteiger partial charge is 0.144 e. The Bertz CT molecular complexity index is 668. The lowest BCUT2D eigenvalue weighted by atomic mass is 9.53. The molecule has 3 aliphatic carbocycles. The fraction of sp³-hybridized carbons (Fsp3) is 0.731. The summed E-state index contributed by atoms with van der Waals surface area (Å²) >= 11 is 0. The minimum Gasteiger partial charge on any atom is -0.493 e.